The van der Waals surface area contributed by atoms with Crippen LogP contribution in [0.2, 0.25) is 0 Å². The topological polar surface area (TPSA) is 224 Å². The van der Waals surface area contributed by atoms with Crippen molar-refractivity contribution in [3.8, 4) is 0 Å². The molecule has 2 heterocycles. The summed E-state index contributed by atoms with van der Waals surface area (Å²) in [5, 5.41) is 9.94. The monoisotopic (exact) mass is 436 g/mol. The fourth-order valence-electron chi connectivity index (χ4n) is 1.94. The van der Waals surface area contributed by atoms with E-state index in [1.54, 1.807) is 0 Å². The standard InChI is InChI=1S/C9H14N2O12P3/c10-8(13)9-11-4(2-19-9)6-1-5(12)7(21-6)3-20-24(14)22-25(15)23-26(16,17)18/h2,5-7,12,14,16-18H,1,3H2,(H-,10,13)/q+1/p+1/t5-,6+,7?,24?/m0/s1. The quantitative estimate of drug-likeness (QED) is 0.270. The van der Waals surface area contributed by atoms with Crippen LogP contribution in [0.15, 0.2) is 10.7 Å². The summed E-state index contributed by atoms with van der Waals surface area (Å²) in [6.07, 6.45) is -1.42. The highest BCUT2D eigenvalue weighted by atomic mass is 31.3. The van der Waals surface area contributed by atoms with E-state index in [4.69, 9.17) is 34.1 Å². The number of hydrogen-bond donors (Lipinski definition) is 6. The largest absolute Gasteiger partial charge is 0.750 e. The van der Waals surface area contributed by atoms with Crippen molar-refractivity contribution in [1.29, 1.82) is 0 Å². The maximum absolute atomic E-state index is 11.1. The average molecular weight is 436 g/mol. The Morgan fingerprint density at radius 3 is 2.77 bits per heavy atom. The number of aromatic nitrogens is 1. The number of nitrogens with two attached hydrogens (primary N) is 1. The lowest BCUT2D eigenvalue weighted by atomic mass is 10.1. The van der Waals surface area contributed by atoms with Crippen molar-refractivity contribution in [2.45, 2.75) is 24.7 Å². The van der Waals surface area contributed by atoms with Crippen molar-refractivity contribution in [2.75, 3.05) is 6.61 Å². The molecule has 0 radical (unpaired) electrons. The molecule has 0 bridgehead atoms. The second kappa shape index (κ2) is 8.98. The van der Waals surface area contributed by atoms with Crippen LogP contribution in [0, 0.1) is 0 Å². The zero-order valence-electron chi connectivity index (χ0n) is 12.7. The molecule has 5 atom stereocenters. The van der Waals surface area contributed by atoms with Crippen LogP contribution in [-0.2, 0) is 22.4 Å². The van der Waals surface area contributed by atoms with E-state index < -0.39 is 49.2 Å². The van der Waals surface area contributed by atoms with Crippen LogP contribution in [0.4, 0.5) is 0 Å². The zero-order valence-corrected chi connectivity index (χ0v) is 15.4. The molecule has 1 aliphatic rings. The fourth-order valence-corrected chi connectivity index (χ4v) is 3.96. The Morgan fingerprint density at radius 2 is 2.19 bits per heavy atom. The molecule has 26 heavy (non-hydrogen) atoms. The van der Waals surface area contributed by atoms with E-state index in [2.05, 4.69) is 13.6 Å². The summed E-state index contributed by atoms with van der Waals surface area (Å²) in [6, 6.07) is 0. The van der Waals surface area contributed by atoms with E-state index in [1.807, 2.05) is 0 Å². The summed E-state index contributed by atoms with van der Waals surface area (Å²) in [6.45, 7) is -0.388. The van der Waals surface area contributed by atoms with Gasteiger partial charge in [-0.3, -0.25) is 4.79 Å². The van der Waals surface area contributed by atoms with Gasteiger partial charge in [0.2, 0.25) is 0 Å². The fraction of sp³-hybridized carbons (Fsp3) is 0.556. The molecule has 1 aromatic rings. The number of aliphatic hydroxyl groups is 1. The Morgan fingerprint density at radius 1 is 1.50 bits per heavy atom. The van der Waals surface area contributed by atoms with Gasteiger partial charge in [0.05, 0.1) is 12.7 Å². The number of amides is 1. The van der Waals surface area contributed by atoms with Gasteiger partial charge in [-0.25, -0.2) is 4.98 Å². The van der Waals surface area contributed by atoms with Crippen LogP contribution in [0.3, 0.4) is 0 Å². The van der Waals surface area contributed by atoms with Crippen LogP contribution < -0.4 is 5.73 Å². The van der Waals surface area contributed by atoms with E-state index in [9.17, 15) is 19.4 Å². The third-order valence-electron chi connectivity index (χ3n) is 2.95. The van der Waals surface area contributed by atoms with Gasteiger partial charge in [-0.15, -0.1) is 0 Å². The van der Waals surface area contributed by atoms with Crippen molar-refractivity contribution in [3.05, 3.63) is 17.8 Å². The highest BCUT2D eigenvalue weighted by molar-refractivity contribution is 7.62. The third-order valence-corrected chi connectivity index (χ3v) is 5.82. The summed E-state index contributed by atoms with van der Waals surface area (Å²) in [4.78, 5) is 49.8. The lowest BCUT2D eigenvalue weighted by Gasteiger charge is -2.14. The molecular weight excluding hydrogens is 421 g/mol. The first kappa shape index (κ1) is 21.6. The number of carbonyl (C=O) groups excluding carboxylic acids is 1. The molecule has 0 saturated carbocycles. The summed E-state index contributed by atoms with van der Waals surface area (Å²) in [5.74, 6) is -1.18. The van der Waals surface area contributed by atoms with Crippen molar-refractivity contribution in [2.24, 2.45) is 5.73 Å². The molecule has 3 unspecified atom stereocenters. The minimum Gasteiger partial charge on any atom is -0.441 e. The van der Waals surface area contributed by atoms with Gasteiger partial charge in [0, 0.05) is 11.0 Å². The Hall–Kier alpha value is -0.720. The van der Waals surface area contributed by atoms with Gasteiger partial charge in [0.25, 0.3) is 5.89 Å². The van der Waals surface area contributed by atoms with Gasteiger partial charge < -0.3 is 29.4 Å². The number of hydrogen-bond acceptors (Lipinski definition) is 13. The molecule has 14 nitrogen and oxygen atoms in total. The summed E-state index contributed by atoms with van der Waals surface area (Å²) in [5.41, 5.74) is 5.25. The second-order valence-corrected chi connectivity index (χ2v) is 8.36. The van der Waals surface area contributed by atoms with Gasteiger partial charge in [-0.1, -0.05) is 0 Å². The SMILES string of the molecule is NC(=O)c1nc([C@H]2C[C@H](O)C(COP(O)O[P+](=O)O[P+](O)(O)O)O2)co1. The van der Waals surface area contributed by atoms with Gasteiger partial charge in [0.1, 0.15) is 28.5 Å². The highest BCUT2D eigenvalue weighted by Gasteiger charge is 2.51. The first-order valence-corrected chi connectivity index (χ1v) is 10.5. The average Bonchev–Trinajstić information content (AvgIpc) is 3.09. The van der Waals surface area contributed by atoms with E-state index >= 15 is 0 Å². The molecule has 0 spiro atoms. The molecule has 1 saturated heterocycles. The second-order valence-electron chi connectivity index (χ2n) is 4.84. The molecular formula is C9H15N2O12P3+2. The van der Waals surface area contributed by atoms with Crippen LogP contribution in [-0.4, -0.2) is 54.4 Å². The Labute approximate surface area is 148 Å². The number of oxazole rings is 1. The number of aliphatic hydroxyl groups excluding tert-OH is 1. The highest BCUT2D eigenvalue weighted by Crippen LogP contribution is 2.58. The predicted molar refractivity (Wildman–Crippen MR) is 81.7 cm³/mol. The summed E-state index contributed by atoms with van der Waals surface area (Å²) >= 11 is 0. The number of carbonyl (C=O) groups is 1. The van der Waals surface area contributed by atoms with Crippen LogP contribution in [0.25, 0.3) is 0 Å². The maximum atomic E-state index is 11.1. The number of nitrogens with zero attached hydrogens (tertiary/aromatic N) is 1. The van der Waals surface area contributed by atoms with Crippen molar-refractivity contribution >= 4 is 30.9 Å². The minimum atomic E-state index is -4.80. The molecule has 1 aromatic heterocycles. The first-order valence-electron chi connectivity index (χ1n) is 6.68. The van der Waals surface area contributed by atoms with E-state index in [0.717, 1.165) is 6.26 Å². The molecule has 0 aliphatic carbocycles. The number of rotatable bonds is 9. The number of ether oxygens (including phenoxy) is 1. The molecule has 7 N–H and O–H groups in total. The molecule has 1 aliphatic heterocycles. The van der Waals surface area contributed by atoms with Gasteiger partial charge in [-0.2, -0.15) is 14.7 Å². The molecule has 2 rings (SSSR count). The van der Waals surface area contributed by atoms with Gasteiger partial charge in [-0.05, 0) is 4.31 Å². The lowest BCUT2D eigenvalue weighted by Crippen LogP contribution is -2.25. The van der Waals surface area contributed by atoms with E-state index in [-0.39, 0.29) is 24.6 Å². The van der Waals surface area contributed by atoms with Crippen molar-refractivity contribution in [3.63, 3.8) is 0 Å². The van der Waals surface area contributed by atoms with Crippen LogP contribution in [0.5, 0.6) is 0 Å². The molecule has 1 fully saturated rings. The van der Waals surface area contributed by atoms with Crippen LogP contribution >= 0.6 is 25.0 Å². The van der Waals surface area contributed by atoms with E-state index in [0.29, 0.717) is 0 Å². The Bertz CT molecular complexity index is 650. The van der Waals surface area contributed by atoms with E-state index in [1.165, 1.54) is 0 Å². The Kier molecular flexibility index (Phi) is 7.45. The minimum absolute atomic E-state index is 0.0902. The van der Waals surface area contributed by atoms with Crippen molar-refractivity contribution in [1.82, 2.24) is 4.98 Å². The zero-order chi connectivity index (χ0) is 19.5. The maximum Gasteiger partial charge on any atom is 0.750 e. The van der Waals surface area contributed by atoms with Gasteiger partial charge >= 0.3 is 30.9 Å². The molecule has 0 aromatic carbocycles. The summed E-state index contributed by atoms with van der Waals surface area (Å²) in [7, 11) is -10.9. The third kappa shape index (κ3) is 6.46. The number of primary amides is 1. The molecule has 1 amide bonds. The summed E-state index contributed by atoms with van der Waals surface area (Å²) < 4.78 is 34.3. The van der Waals surface area contributed by atoms with Gasteiger partial charge in [0.15, 0.2) is 0 Å². The first-order chi connectivity index (χ1) is 12.0. The lowest BCUT2D eigenvalue weighted by molar-refractivity contribution is -0.0194. The Balaban J connectivity index is 1.81. The normalized spacial score (nSPS) is 25.3. The van der Waals surface area contributed by atoms with Crippen LogP contribution in [0.1, 0.15) is 28.9 Å². The predicted octanol–water partition coefficient (Wildman–Crippen LogP) is -0.455. The van der Waals surface area contributed by atoms with Crippen molar-refractivity contribution < 1.29 is 56.3 Å². The molecule has 146 valence electrons. The smallest absolute Gasteiger partial charge is 0.441 e. The molecule has 17 heteroatoms.